The molecule has 0 heterocycles. The number of carbonyl (C=O) groups excluding carboxylic acids is 1. The topological polar surface area (TPSA) is 75.3 Å². The van der Waals surface area contributed by atoms with Crippen LogP contribution in [-0.2, 0) is 15.6 Å². The summed E-state index contributed by atoms with van der Waals surface area (Å²) in [5, 5.41) is 10.3. The molecular formula is C17H28N2O2. The Hall–Kier alpha value is -1.39. The number of hydrogen-bond donors (Lipinski definition) is 3. The molecule has 4 heteroatoms. The lowest BCUT2D eigenvalue weighted by molar-refractivity contribution is -0.123. The Morgan fingerprint density at radius 1 is 1.10 bits per heavy atom. The lowest BCUT2D eigenvalue weighted by Gasteiger charge is -2.27. The molecule has 4 nitrogen and oxygen atoms in total. The predicted octanol–water partition coefficient (Wildman–Crippen LogP) is 2.70. The summed E-state index contributed by atoms with van der Waals surface area (Å²) in [4.78, 5) is 11.4. The van der Waals surface area contributed by atoms with Gasteiger partial charge in [0.1, 0.15) is 0 Å². The van der Waals surface area contributed by atoms with Crippen molar-refractivity contribution in [1.29, 1.82) is 0 Å². The van der Waals surface area contributed by atoms with Crippen LogP contribution >= 0.6 is 0 Å². The maximum Gasteiger partial charge on any atom is 0.236 e. The van der Waals surface area contributed by atoms with E-state index in [4.69, 9.17) is 5.84 Å². The van der Waals surface area contributed by atoms with E-state index in [1.54, 1.807) is 0 Å². The smallest absolute Gasteiger partial charge is 0.236 e. The first-order chi connectivity index (χ1) is 9.45. The number of carbonyl (C=O) groups is 1. The number of hydrogen-bond acceptors (Lipinski definition) is 3. The van der Waals surface area contributed by atoms with Crippen LogP contribution in [0.4, 0.5) is 0 Å². The van der Waals surface area contributed by atoms with E-state index in [0.717, 1.165) is 16.7 Å². The lowest BCUT2D eigenvalue weighted by atomic mass is 9.79. The minimum absolute atomic E-state index is 0.0220. The van der Waals surface area contributed by atoms with Gasteiger partial charge in [-0.05, 0) is 27.5 Å². The molecule has 1 atom stereocenters. The van der Waals surface area contributed by atoms with Crippen LogP contribution in [0, 0.1) is 0 Å². The molecule has 21 heavy (non-hydrogen) atoms. The molecule has 118 valence electrons. The third-order valence-corrected chi connectivity index (χ3v) is 3.61. The van der Waals surface area contributed by atoms with Crippen molar-refractivity contribution in [2.24, 2.45) is 5.84 Å². The fourth-order valence-corrected chi connectivity index (χ4v) is 2.06. The lowest BCUT2D eigenvalue weighted by Crippen LogP contribution is -2.31. The second-order valence-electron chi connectivity index (χ2n) is 7.63. The Morgan fingerprint density at radius 3 is 1.86 bits per heavy atom. The Balaban J connectivity index is 3.28. The van der Waals surface area contributed by atoms with E-state index in [1.807, 2.05) is 12.1 Å². The third-order valence-electron chi connectivity index (χ3n) is 3.61. The number of aliphatic hydroxyl groups excluding tert-OH is 1. The highest BCUT2D eigenvalue weighted by Crippen LogP contribution is 2.32. The van der Waals surface area contributed by atoms with Gasteiger partial charge in [0.05, 0.1) is 12.5 Å². The van der Waals surface area contributed by atoms with Crippen molar-refractivity contribution >= 4 is 5.91 Å². The summed E-state index contributed by atoms with van der Waals surface area (Å²) in [7, 11) is 0. The highest BCUT2D eigenvalue weighted by Gasteiger charge is 2.23. The van der Waals surface area contributed by atoms with Crippen LogP contribution in [0.5, 0.6) is 0 Å². The van der Waals surface area contributed by atoms with Crippen molar-refractivity contribution in [2.45, 2.75) is 64.9 Å². The zero-order chi connectivity index (χ0) is 16.4. The van der Waals surface area contributed by atoms with E-state index < -0.39 is 6.10 Å². The molecular weight excluding hydrogens is 264 g/mol. The zero-order valence-electron chi connectivity index (χ0n) is 13.9. The maximum atomic E-state index is 11.4. The van der Waals surface area contributed by atoms with Gasteiger partial charge in [0.2, 0.25) is 5.91 Å². The summed E-state index contributed by atoms with van der Waals surface area (Å²) in [5.74, 6) is 4.71. The van der Waals surface area contributed by atoms with E-state index in [-0.39, 0.29) is 23.2 Å². The predicted molar refractivity (Wildman–Crippen MR) is 85.7 cm³/mol. The minimum Gasteiger partial charge on any atom is -0.388 e. The second-order valence-corrected chi connectivity index (χ2v) is 7.63. The normalized spacial score (nSPS) is 13.9. The van der Waals surface area contributed by atoms with Crippen LogP contribution < -0.4 is 11.3 Å². The first-order valence-electron chi connectivity index (χ1n) is 7.28. The Morgan fingerprint density at radius 2 is 1.52 bits per heavy atom. The summed E-state index contributed by atoms with van der Waals surface area (Å²) >= 11 is 0. The SMILES string of the molecule is CC(C)(C)c1cc(C(O)CC(=O)NN)cc(C(C)(C)C)c1. The molecule has 4 N–H and O–H groups in total. The first-order valence-corrected chi connectivity index (χ1v) is 7.28. The van der Waals surface area contributed by atoms with E-state index in [0.29, 0.717) is 0 Å². The van der Waals surface area contributed by atoms with Crippen molar-refractivity contribution in [3.05, 3.63) is 34.9 Å². The van der Waals surface area contributed by atoms with Crippen molar-refractivity contribution in [3.63, 3.8) is 0 Å². The first kappa shape index (κ1) is 17.7. The Kier molecular flexibility index (Phi) is 5.18. The van der Waals surface area contributed by atoms with Crippen LogP contribution in [0.25, 0.3) is 0 Å². The fourth-order valence-electron chi connectivity index (χ4n) is 2.06. The molecule has 0 saturated heterocycles. The number of hydrazine groups is 1. The Bertz CT molecular complexity index is 478. The molecule has 0 bridgehead atoms. The summed E-state index contributed by atoms with van der Waals surface area (Å²) in [6, 6.07) is 6.13. The van der Waals surface area contributed by atoms with E-state index in [1.165, 1.54) is 0 Å². The molecule has 0 spiro atoms. The standard InChI is InChI=1S/C17H28N2O2/c1-16(2,3)12-7-11(14(20)10-15(21)19-18)8-13(9-12)17(4,5)6/h7-9,14,20H,10,18H2,1-6H3,(H,19,21). The molecule has 1 aromatic rings. The highest BCUT2D eigenvalue weighted by molar-refractivity contribution is 5.75. The van der Waals surface area contributed by atoms with E-state index in [9.17, 15) is 9.90 Å². The summed E-state index contributed by atoms with van der Waals surface area (Å²) in [5.41, 5.74) is 5.07. The van der Waals surface area contributed by atoms with Crippen LogP contribution in [-0.4, -0.2) is 11.0 Å². The fraction of sp³-hybridized carbons (Fsp3) is 0.588. The third kappa shape index (κ3) is 4.83. The van der Waals surface area contributed by atoms with Gasteiger partial charge in [0.25, 0.3) is 0 Å². The Labute approximate surface area is 127 Å². The minimum atomic E-state index is -0.850. The molecule has 0 aliphatic carbocycles. The van der Waals surface area contributed by atoms with Gasteiger partial charge in [-0.25, -0.2) is 5.84 Å². The van der Waals surface area contributed by atoms with E-state index in [2.05, 4.69) is 53.0 Å². The van der Waals surface area contributed by atoms with E-state index >= 15 is 0 Å². The van der Waals surface area contributed by atoms with Crippen molar-refractivity contribution in [1.82, 2.24) is 5.43 Å². The molecule has 0 saturated carbocycles. The average Bonchev–Trinajstić information content (AvgIpc) is 2.35. The molecule has 0 aliphatic rings. The molecule has 0 radical (unpaired) electrons. The summed E-state index contributed by atoms with van der Waals surface area (Å²) in [6.45, 7) is 12.8. The largest absolute Gasteiger partial charge is 0.388 e. The summed E-state index contributed by atoms with van der Waals surface area (Å²) < 4.78 is 0. The number of amides is 1. The van der Waals surface area contributed by atoms with Gasteiger partial charge < -0.3 is 5.11 Å². The van der Waals surface area contributed by atoms with Crippen LogP contribution in [0.15, 0.2) is 18.2 Å². The average molecular weight is 292 g/mol. The molecule has 0 fully saturated rings. The van der Waals surface area contributed by atoms with Crippen LogP contribution in [0.3, 0.4) is 0 Å². The monoisotopic (exact) mass is 292 g/mol. The van der Waals surface area contributed by atoms with Gasteiger partial charge >= 0.3 is 0 Å². The number of benzene rings is 1. The molecule has 1 aromatic carbocycles. The van der Waals surface area contributed by atoms with Crippen molar-refractivity contribution in [2.75, 3.05) is 0 Å². The molecule has 1 rings (SSSR count). The second kappa shape index (κ2) is 6.16. The quantitative estimate of drug-likeness (QED) is 0.455. The van der Waals surface area contributed by atoms with Crippen molar-refractivity contribution in [3.8, 4) is 0 Å². The van der Waals surface area contributed by atoms with Crippen molar-refractivity contribution < 1.29 is 9.90 Å². The maximum absolute atomic E-state index is 11.4. The summed E-state index contributed by atoms with van der Waals surface area (Å²) in [6.07, 6.45) is -0.884. The van der Waals surface area contributed by atoms with Gasteiger partial charge in [-0.2, -0.15) is 0 Å². The van der Waals surface area contributed by atoms with Gasteiger partial charge in [-0.1, -0.05) is 59.7 Å². The molecule has 1 unspecified atom stereocenters. The highest BCUT2D eigenvalue weighted by atomic mass is 16.3. The zero-order valence-corrected chi connectivity index (χ0v) is 13.9. The van der Waals surface area contributed by atoms with Gasteiger partial charge in [0, 0.05) is 0 Å². The molecule has 0 aromatic heterocycles. The number of rotatable bonds is 3. The van der Waals surface area contributed by atoms with Gasteiger partial charge in [-0.15, -0.1) is 0 Å². The van der Waals surface area contributed by atoms with Crippen LogP contribution in [0.2, 0.25) is 0 Å². The van der Waals surface area contributed by atoms with Crippen LogP contribution in [0.1, 0.15) is 70.8 Å². The number of nitrogens with two attached hydrogens (primary N) is 1. The number of nitrogens with one attached hydrogen (secondary N) is 1. The molecule has 0 aliphatic heterocycles. The molecule has 1 amide bonds. The van der Waals surface area contributed by atoms with Gasteiger partial charge in [-0.3, -0.25) is 10.2 Å². The van der Waals surface area contributed by atoms with Gasteiger partial charge in [0.15, 0.2) is 0 Å². The number of aliphatic hydroxyl groups is 1.